The van der Waals surface area contributed by atoms with Gasteiger partial charge in [0.1, 0.15) is 11.7 Å². The zero-order chi connectivity index (χ0) is 30.5. The van der Waals surface area contributed by atoms with Crippen LogP contribution in [0.1, 0.15) is 29.6 Å². The van der Waals surface area contributed by atoms with Crippen molar-refractivity contribution < 1.29 is 13.2 Å². The largest absolute Gasteiger partial charge is 0.338 e. The second-order valence-electron chi connectivity index (χ2n) is 10.3. The molecular weight excluding hydrogens is 578 g/mol. The lowest BCUT2D eigenvalue weighted by Crippen LogP contribution is -2.45. The Kier molecular flexibility index (Phi) is 9.48. The van der Waals surface area contributed by atoms with Crippen LogP contribution in [0.2, 0.25) is 5.02 Å². The highest BCUT2D eigenvalue weighted by Crippen LogP contribution is 2.37. The van der Waals surface area contributed by atoms with E-state index in [2.05, 4.69) is 28.3 Å². The van der Waals surface area contributed by atoms with E-state index in [1.54, 1.807) is 48.7 Å². The molecule has 0 saturated carbocycles. The van der Waals surface area contributed by atoms with Crippen LogP contribution in [0.25, 0.3) is 10.9 Å². The van der Waals surface area contributed by atoms with Gasteiger partial charge in [-0.05, 0) is 62.4 Å². The number of rotatable bonds is 7. The SMILES string of the molecule is CN1CCC(CC#N)(n2nc(Nc3ccc(S(=O)(=O)N(C)C)cc3)c3c(=O)[nH]ccc32)CC1.O=Cc1ccc(Cl)cc1. The number of halogens is 1. The summed E-state index contributed by atoms with van der Waals surface area (Å²) < 4.78 is 27.7. The number of carbonyl (C=O) groups excluding carboxylic acids is 1. The van der Waals surface area contributed by atoms with Crippen molar-refractivity contribution in [2.75, 3.05) is 39.5 Å². The molecule has 13 heteroatoms. The second kappa shape index (κ2) is 12.9. The molecule has 4 aromatic rings. The number of likely N-dealkylation sites (tertiary alicyclic amines) is 1. The number of benzene rings is 2. The van der Waals surface area contributed by atoms with Crippen molar-refractivity contribution >= 4 is 50.3 Å². The van der Waals surface area contributed by atoms with E-state index in [4.69, 9.17) is 16.7 Å². The van der Waals surface area contributed by atoms with E-state index < -0.39 is 15.6 Å². The molecule has 1 aliphatic heterocycles. The van der Waals surface area contributed by atoms with E-state index in [1.807, 2.05) is 4.68 Å². The molecule has 1 saturated heterocycles. The third kappa shape index (κ3) is 6.55. The van der Waals surface area contributed by atoms with E-state index in [9.17, 15) is 23.3 Å². The Morgan fingerprint density at radius 2 is 1.76 bits per heavy atom. The maximum atomic E-state index is 12.8. The van der Waals surface area contributed by atoms with Crippen molar-refractivity contribution in [1.29, 1.82) is 5.26 Å². The number of H-pyrrole nitrogens is 1. The summed E-state index contributed by atoms with van der Waals surface area (Å²) >= 11 is 5.55. The molecule has 220 valence electrons. The minimum absolute atomic E-state index is 0.172. The lowest BCUT2D eigenvalue weighted by Gasteiger charge is -2.39. The number of hydrogen-bond donors (Lipinski definition) is 2. The second-order valence-corrected chi connectivity index (χ2v) is 12.9. The number of anilines is 2. The minimum atomic E-state index is -3.54. The first kappa shape index (κ1) is 30.9. The summed E-state index contributed by atoms with van der Waals surface area (Å²) in [6, 6.07) is 17.1. The summed E-state index contributed by atoms with van der Waals surface area (Å²) in [6.07, 6.45) is 4.16. The molecule has 0 atom stereocenters. The van der Waals surface area contributed by atoms with E-state index in [0.717, 1.165) is 36.5 Å². The molecule has 2 aromatic heterocycles. The Bertz CT molecular complexity index is 1750. The Balaban J connectivity index is 0.000000385. The maximum absolute atomic E-state index is 12.8. The number of piperidine rings is 1. The fraction of sp³-hybridized carbons (Fsp3) is 0.310. The average Bonchev–Trinajstić information content (AvgIpc) is 3.35. The van der Waals surface area contributed by atoms with Gasteiger partial charge in [-0.3, -0.25) is 14.3 Å². The zero-order valence-corrected chi connectivity index (χ0v) is 25.1. The average molecular weight is 610 g/mol. The summed E-state index contributed by atoms with van der Waals surface area (Å²) in [6.45, 7) is 1.66. The van der Waals surface area contributed by atoms with Gasteiger partial charge in [-0.25, -0.2) is 12.7 Å². The normalized spacial score (nSPS) is 15.0. The number of hydrogen-bond acceptors (Lipinski definition) is 8. The highest BCUT2D eigenvalue weighted by atomic mass is 35.5. The van der Waals surface area contributed by atoms with Crippen LogP contribution in [0.4, 0.5) is 11.5 Å². The number of nitrogens with one attached hydrogen (secondary N) is 2. The van der Waals surface area contributed by atoms with Crippen LogP contribution in [-0.2, 0) is 15.6 Å². The van der Waals surface area contributed by atoms with Crippen molar-refractivity contribution in [2.24, 2.45) is 0 Å². The molecule has 0 bridgehead atoms. The number of aldehydes is 1. The lowest BCUT2D eigenvalue weighted by molar-refractivity contribution is 0.112. The van der Waals surface area contributed by atoms with Crippen LogP contribution in [-0.4, -0.2) is 72.9 Å². The summed E-state index contributed by atoms with van der Waals surface area (Å²) in [5.74, 6) is 0.367. The first-order valence-corrected chi connectivity index (χ1v) is 15.0. The molecule has 0 aliphatic carbocycles. The summed E-state index contributed by atoms with van der Waals surface area (Å²) in [7, 11) is 1.47. The fourth-order valence-electron chi connectivity index (χ4n) is 4.77. The maximum Gasteiger partial charge on any atom is 0.261 e. The van der Waals surface area contributed by atoms with Crippen LogP contribution >= 0.6 is 11.6 Å². The quantitative estimate of drug-likeness (QED) is 0.297. The van der Waals surface area contributed by atoms with Gasteiger partial charge in [0.25, 0.3) is 5.56 Å². The third-order valence-corrected chi connectivity index (χ3v) is 9.36. The number of pyridine rings is 1. The Morgan fingerprint density at radius 1 is 1.12 bits per heavy atom. The predicted molar refractivity (Wildman–Crippen MR) is 163 cm³/mol. The summed E-state index contributed by atoms with van der Waals surface area (Å²) in [5, 5.41) is 18.6. The van der Waals surface area contributed by atoms with E-state index in [-0.39, 0.29) is 10.5 Å². The van der Waals surface area contributed by atoms with Crippen molar-refractivity contribution in [3.05, 3.63) is 81.7 Å². The van der Waals surface area contributed by atoms with Crippen molar-refractivity contribution in [2.45, 2.75) is 29.7 Å². The Labute approximate surface area is 249 Å². The van der Waals surface area contributed by atoms with Crippen LogP contribution in [0.15, 0.2) is 70.5 Å². The molecule has 0 spiro atoms. The third-order valence-electron chi connectivity index (χ3n) is 7.28. The first-order chi connectivity index (χ1) is 20.0. The van der Waals surface area contributed by atoms with E-state index >= 15 is 0 Å². The molecule has 1 fully saturated rings. The standard InChI is InChI=1S/C22H27N7O3S.C7H5ClO/c1-27(2)33(31,32)17-6-4-16(5-7-17)25-20-19-18(8-13-24-21(19)30)29(26-20)22(9-12-23)10-14-28(3)15-11-22;8-7-3-1-6(5-9)2-4-7/h4-8,13H,9-11,14-15H2,1-3H3,(H,24,30)(H,25,26);1-5H. The number of carbonyl (C=O) groups is 1. The van der Waals surface area contributed by atoms with Gasteiger partial charge in [0.05, 0.1) is 28.4 Å². The molecular formula is C29H32ClN7O4S. The van der Waals surface area contributed by atoms with Crippen LogP contribution in [0.5, 0.6) is 0 Å². The molecule has 2 N–H and O–H groups in total. The van der Waals surface area contributed by atoms with Gasteiger partial charge in [0.15, 0.2) is 5.82 Å². The van der Waals surface area contributed by atoms with Gasteiger partial charge in [-0.2, -0.15) is 10.4 Å². The molecule has 0 unspecified atom stereocenters. The van der Waals surface area contributed by atoms with Crippen LogP contribution < -0.4 is 10.9 Å². The Morgan fingerprint density at radius 3 is 2.33 bits per heavy atom. The van der Waals surface area contributed by atoms with Crippen molar-refractivity contribution in [1.82, 2.24) is 24.0 Å². The fourth-order valence-corrected chi connectivity index (χ4v) is 5.80. The van der Waals surface area contributed by atoms with E-state index in [1.165, 1.54) is 26.2 Å². The highest BCUT2D eigenvalue weighted by Gasteiger charge is 2.38. The van der Waals surface area contributed by atoms with Gasteiger partial charge in [-0.15, -0.1) is 0 Å². The molecule has 3 heterocycles. The summed E-state index contributed by atoms with van der Waals surface area (Å²) in [4.78, 5) is 27.9. The molecule has 0 amide bonds. The number of sulfonamides is 1. The number of aromatic amines is 1. The lowest BCUT2D eigenvalue weighted by atomic mass is 9.85. The van der Waals surface area contributed by atoms with Gasteiger partial charge in [0, 0.05) is 49.7 Å². The van der Waals surface area contributed by atoms with Gasteiger partial charge >= 0.3 is 0 Å². The predicted octanol–water partition coefficient (Wildman–Crippen LogP) is 4.21. The Hall–Kier alpha value is -4.02. The number of nitrogens with zero attached hydrogens (tertiary/aromatic N) is 5. The smallest absolute Gasteiger partial charge is 0.261 e. The zero-order valence-electron chi connectivity index (χ0n) is 23.5. The molecule has 5 rings (SSSR count). The number of aromatic nitrogens is 3. The van der Waals surface area contributed by atoms with Crippen molar-refractivity contribution in [3.8, 4) is 6.07 Å². The monoisotopic (exact) mass is 609 g/mol. The van der Waals surface area contributed by atoms with Gasteiger partial charge in [-0.1, -0.05) is 23.7 Å². The first-order valence-electron chi connectivity index (χ1n) is 13.2. The molecule has 11 nitrogen and oxygen atoms in total. The van der Waals surface area contributed by atoms with Gasteiger partial charge in [0.2, 0.25) is 10.0 Å². The van der Waals surface area contributed by atoms with Crippen LogP contribution in [0, 0.1) is 11.3 Å². The molecule has 0 radical (unpaired) electrons. The van der Waals surface area contributed by atoms with E-state index in [0.29, 0.717) is 39.4 Å². The minimum Gasteiger partial charge on any atom is -0.338 e. The van der Waals surface area contributed by atoms with Crippen LogP contribution in [0.3, 0.4) is 0 Å². The molecule has 42 heavy (non-hydrogen) atoms. The topological polar surface area (TPSA) is 144 Å². The molecule has 2 aromatic carbocycles. The van der Waals surface area contributed by atoms with Crippen molar-refractivity contribution in [3.63, 3.8) is 0 Å². The highest BCUT2D eigenvalue weighted by molar-refractivity contribution is 7.89. The summed E-state index contributed by atoms with van der Waals surface area (Å²) in [5.41, 5.74) is 1.12. The number of fused-ring (bicyclic) bond motifs is 1. The number of nitriles is 1. The van der Waals surface area contributed by atoms with Gasteiger partial charge < -0.3 is 15.2 Å². The molecule has 1 aliphatic rings.